The highest BCUT2D eigenvalue weighted by molar-refractivity contribution is 5.98. The Hall–Kier alpha value is -2.24. The first-order valence-corrected chi connectivity index (χ1v) is 6.95. The maximum atomic E-state index is 12.3. The molecule has 114 valence electrons. The SMILES string of the molecule is COc1cc(OC)cc(C(=O)N[C@@H]2CCCCNC2=O)c1. The summed E-state index contributed by atoms with van der Waals surface area (Å²) < 4.78 is 10.3. The van der Waals surface area contributed by atoms with Gasteiger partial charge in [-0.2, -0.15) is 0 Å². The predicted octanol–water partition coefficient (Wildman–Crippen LogP) is 1.10. The van der Waals surface area contributed by atoms with Crippen LogP contribution in [0.4, 0.5) is 0 Å². The highest BCUT2D eigenvalue weighted by Gasteiger charge is 2.23. The second kappa shape index (κ2) is 6.97. The first-order valence-electron chi connectivity index (χ1n) is 6.95. The van der Waals surface area contributed by atoms with Crippen molar-refractivity contribution in [2.75, 3.05) is 20.8 Å². The number of hydrogen-bond acceptors (Lipinski definition) is 4. The van der Waals surface area contributed by atoms with Crippen LogP contribution in [0.5, 0.6) is 11.5 Å². The number of ether oxygens (including phenoxy) is 2. The maximum Gasteiger partial charge on any atom is 0.252 e. The Morgan fingerprint density at radius 3 is 2.48 bits per heavy atom. The molecule has 6 heteroatoms. The zero-order valence-corrected chi connectivity index (χ0v) is 12.3. The van der Waals surface area contributed by atoms with Crippen LogP contribution in [-0.4, -0.2) is 38.6 Å². The van der Waals surface area contributed by atoms with Gasteiger partial charge in [-0.05, 0) is 31.4 Å². The van der Waals surface area contributed by atoms with E-state index in [1.165, 1.54) is 14.2 Å². The summed E-state index contributed by atoms with van der Waals surface area (Å²) in [6.45, 7) is 0.665. The van der Waals surface area contributed by atoms with Crippen molar-refractivity contribution in [1.82, 2.24) is 10.6 Å². The van der Waals surface area contributed by atoms with Gasteiger partial charge in [-0.15, -0.1) is 0 Å². The summed E-state index contributed by atoms with van der Waals surface area (Å²) in [7, 11) is 3.05. The molecule has 0 saturated carbocycles. The van der Waals surface area contributed by atoms with Gasteiger partial charge < -0.3 is 20.1 Å². The van der Waals surface area contributed by atoms with E-state index in [-0.39, 0.29) is 11.8 Å². The van der Waals surface area contributed by atoms with E-state index in [4.69, 9.17) is 9.47 Å². The Balaban J connectivity index is 2.13. The summed E-state index contributed by atoms with van der Waals surface area (Å²) in [4.78, 5) is 24.2. The van der Waals surface area contributed by atoms with Gasteiger partial charge in [-0.1, -0.05) is 0 Å². The number of amides is 2. The summed E-state index contributed by atoms with van der Waals surface area (Å²) in [5.74, 6) is 0.625. The number of carbonyl (C=O) groups excluding carboxylic acids is 2. The lowest BCUT2D eigenvalue weighted by Crippen LogP contribution is -2.45. The molecule has 1 aromatic carbocycles. The monoisotopic (exact) mass is 292 g/mol. The highest BCUT2D eigenvalue weighted by atomic mass is 16.5. The van der Waals surface area contributed by atoms with Crippen molar-refractivity contribution < 1.29 is 19.1 Å². The third-order valence-electron chi connectivity index (χ3n) is 3.45. The van der Waals surface area contributed by atoms with Crippen LogP contribution in [0.25, 0.3) is 0 Å². The molecule has 2 N–H and O–H groups in total. The van der Waals surface area contributed by atoms with Crippen molar-refractivity contribution in [2.45, 2.75) is 25.3 Å². The van der Waals surface area contributed by atoms with E-state index in [9.17, 15) is 9.59 Å². The average Bonchev–Trinajstić information content (AvgIpc) is 2.71. The van der Waals surface area contributed by atoms with Crippen LogP contribution in [-0.2, 0) is 4.79 Å². The van der Waals surface area contributed by atoms with Crippen LogP contribution in [0, 0.1) is 0 Å². The molecule has 1 aromatic rings. The fourth-order valence-corrected chi connectivity index (χ4v) is 2.26. The lowest BCUT2D eigenvalue weighted by atomic mass is 10.1. The normalized spacial score (nSPS) is 18.4. The van der Waals surface area contributed by atoms with E-state index in [0.717, 1.165) is 12.8 Å². The summed E-state index contributed by atoms with van der Waals surface area (Å²) in [5.41, 5.74) is 0.406. The fraction of sp³-hybridized carbons (Fsp3) is 0.467. The number of rotatable bonds is 4. The topological polar surface area (TPSA) is 76.7 Å². The largest absolute Gasteiger partial charge is 0.497 e. The summed E-state index contributed by atoms with van der Waals surface area (Å²) in [5, 5.41) is 5.56. The van der Waals surface area contributed by atoms with E-state index >= 15 is 0 Å². The van der Waals surface area contributed by atoms with Crippen LogP contribution in [0.15, 0.2) is 18.2 Å². The molecule has 0 unspecified atom stereocenters. The Morgan fingerprint density at radius 1 is 1.19 bits per heavy atom. The second-order valence-electron chi connectivity index (χ2n) is 4.91. The van der Waals surface area contributed by atoms with E-state index in [0.29, 0.717) is 30.0 Å². The molecule has 6 nitrogen and oxygen atoms in total. The van der Waals surface area contributed by atoms with Gasteiger partial charge in [0.1, 0.15) is 17.5 Å². The second-order valence-corrected chi connectivity index (χ2v) is 4.91. The first kappa shape index (κ1) is 15.2. The quantitative estimate of drug-likeness (QED) is 0.871. The Morgan fingerprint density at radius 2 is 1.86 bits per heavy atom. The van der Waals surface area contributed by atoms with Crippen LogP contribution >= 0.6 is 0 Å². The minimum absolute atomic E-state index is 0.129. The van der Waals surface area contributed by atoms with Crippen molar-refractivity contribution in [3.05, 3.63) is 23.8 Å². The predicted molar refractivity (Wildman–Crippen MR) is 77.7 cm³/mol. The van der Waals surface area contributed by atoms with E-state index in [2.05, 4.69) is 10.6 Å². The molecule has 2 rings (SSSR count). The van der Waals surface area contributed by atoms with E-state index in [1.54, 1.807) is 18.2 Å². The van der Waals surface area contributed by atoms with Crippen LogP contribution in [0.2, 0.25) is 0 Å². The molecule has 1 aliphatic heterocycles. The molecule has 1 aliphatic rings. The Bertz CT molecular complexity index is 508. The molecule has 0 aliphatic carbocycles. The van der Waals surface area contributed by atoms with Gasteiger partial charge in [-0.3, -0.25) is 9.59 Å². The van der Waals surface area contributed by atoms with E-state index in [1.807, 2.05) is 0 Å². The summed E-state index contributed by atoms with van der Waals surface area (Å²) >= 11 is 0. The van der Waals surface area contributed by atoms with Crippen LogP contribution in [0.3, 0.4) is 0 Å². The van der Waals surface area contributed by atoms with Crippen molar-refractivity contribution in [3.8, 4) is 11.5 Å². The molecule has 0 bridgehead atoms. The van der Waals surface area contributed by atoms with Gasteiger partial charge in [0.15, 0.2) is 0 Å². The van der Waals surface area contributed by atoms with Crippen molar-refractivity contribution in [1.29, 1.82) is 0 Å². The zero-order valence-electron chi connectivity index (χ0n) is 12.3. The molecule has 0 spiro atoms. The Kier molecular flexibility index (Phi) is 5.03. The maximum absolute atomic E-state index is 12.3. The standard InChI is InChI=1S/C15H20N2O4/c1-20-11-7-10(8-12(9-11)21-2)14(18)17-13-5-3-4-6-16-15(13)19/h7-9,13H,3-6H2,1-2H3,(H,16,19)(H,17,18)/t13-/m1/s1. The smallest absolute Gasteiger partial charge is 0.252 e. The van der Waals surface area contributed by atoms with Gasteiger partial charge in [-0.25, -0.2) is 0 Å². The summed E-state index contributed by atoms with van der Waals surface area (Å²) in [6.07, 6.45) is 2.49. The molecule has 1 heterocycles. The van der Waals surface area contributed by atoms with Crippen LogP contribution < -0.4 is 20.1 Å². The molecule has 21 heavy (non-hydrogen) atoms. The van der Waals surface area contributed by atoms with Crippen molar-refractivity contribution >= 4 is 11.8 Å². The minimum Gasteiger partial charge on any atom is -0.497 e. The molecule has 0 radical (unpaired) electrons. The zero-order chi connectivity index (χ0) is 15.2. The van der Waals surface area contributed by atoms with Gasteiger partial charge in [0.2, 0.25) is 5.91 Å². The van der Waals surface area contributed by atoms with Gasteiger partial charge >= 0.3 is 0 Å². The van der Waals surface area contributed by atoms with Gasteiger partial charge in [0.05, 0.1) is 14.2 Å². The van der Waals surface area contributed by atoms with Gasteiger partial charge in [0.25, 0.3) is 5.91 Å². The number of hydrogen-bond donors (Lipinski definition) is 2. The molecule has 1 atom stereocenters. The lowest BCUT2D eigenvalue weighted by Gasteiger charge is -2.16. The lowest BCUT2D eigenvalue weighted by molar-refractivity contribution is -0.122. The molecular weight excluding hydrogens is 272 g/mol. The first-order chi connectivity index (χ1) is 10.1. The third-order valence-corrected chi connectivity index (χ3v) is 3.45. The third kappa shape index (κ3) is 3.87. The molecular formula is C15H20N2O4. The molecule has 1 saturated heterocycles. The highest BCUT2D eigenvalue weighted by Crippen LogP contribution is 2.22. The Labute approximate surface area is 123 Å². The average molecular weight is 292 g/mol. The minimum atomic E-state index is -0.489. The fourth-order valence-electron chi connectivity index (χ4n) is 2.26. The number of nitrogens with one attached hydrogen (secondary N) is 2. The van der Waals surface area contributed by atoms with Gasteiger partial charge in [0, 0.05) is 18.2 Å². The molecule has 2 amide bonds. The molecule has 0 aromatic heterocycles. The van der Waals surface area contributed by atoms with Crippen molar-refractivity contribution in [3.63, 3.8) is 0 Å². The number of methoxy groups -OCH3 is 2. The summed E-state index contributed by atoms with van der Waals surface area (Å²) in [6, 6.07) is 4.44. The van der Waals surface area contributed by atoms with Crippen LogP contribution in [0.1, 0.15) is 29.6 Å². The number of carbonyl (C=O) groups is 2. The number of benzene rings is 1. The molecule has 1 fully saturated rings. The van der Waals surface area contributed by atoms with Crippen molar-refractivity contribution in [2.24, 2.45) is 0 Å². The van der Waals surface area contributed by atoms with E-state index < -0.39 is 6.04 Å².